The van der Waals surface area contributed by atoms with E-state index in [1.807, 2.05) is 64.6 Å². The van der Waals surface area contributed by atoms with Gasteiger partial charge in [-0.2, -0.15) is 0 Å². The number of nitrogens with zero attached hydrogens (tertiary/aromatic N) is 2. The van der Waals surface area contributed by atoms with Crippen molar-refractivity contribution in [1.82, 2.24) is 0 Å². The molecule has 5 aromatic rings. The Bertz CT molecular complexity index is 2170. The maximum Gasteiger partial charge on any atom is 0.363 e. The second-order valence-corrected chi connectivity index (χ2v) is 13.3. The summed E-state index contributed by atoms with van der Waals surface area (Å²) in [5.41, 5.74) is 10.6. The van der Waals surface area contributed by atoms with E-state index in [2.05, 4.69) is 107 Å². The van der Waals surface area contributed by atoms with E-state index in [1.165, 1.54) is 0 Å². The summed E-state index contributed by atoms with van der Waals surface area (Å²) in [5.74, 6) is 2.51. The van der Waals surface area contributed by atoms with Crippen LogP contribution in [0.3, 0.4) is 0 Å². The van der Waals surface area contributed by atoms with Crippen molar-refractivity contribution >= 4 is 51.4 Å². The van der Waals surface area contributed by atoms with Crippen molar-refractivity contribution in [1.29, 1.82) is 0 Å². The van der Waals surface area contributed by atoms with Gasteiger partial charge in [0.15, 0.2) is 0 Å². The van der Waals surface area contributed by atoms with E-state index in [-0.39, 0.29) is 0 Å². The molecule has 244 valence electrons. The van der Waals surface area contributed by atoms with Crippen molar-refractivity contribution in [3.8, 4) is 17.1 Å². The zero-order valence-corrected chi connectivity index (χ0v) is 29.2. The van der Waals surface area contributed by atoms with Crippen molar-refractivity contribution in [3.63, 3.8) is 0 Å². The highest BCUT2D eigenvalue weighted by Crippen LogP contribution is 2.40. The highest BCUT2D eigenvalue weighted by atomic mass is 35.5. The number of hydrogen-bond acceptors (Lipinski definition) is 3. The standard InChI is InChI=1S/C44H40ClN2O2/c1-46(2)36-22-24-38-34(26-40(48-42(38)28-36)30-12-7-5-8-13-30)20-18-32-16-11-17-33(44(32)45)19-21-35-27-41(31-14-9-6-10-15-31)49-43-29-37(47(3)4)23-25-39(35)43/h5-10,12-15,18-29H,11,16-17H2,1-4H3/q+1. The quantitative estimate of drug-likeness (QED) is 0.162. The van der Waals surface area contributed by atoms with E-state index in [4.69, 9.17) is 20.8 Å². The monoisotopic (exact) mass is 663 g/mol. The Kier molecular flexibility index (Phi) is 9.23. The van der Waals surface area contributed by atoms with Gasteiger partial charge in [-0.1, -0.05) is 84.4 Å². The van der Waals surface area contributed by atoms with Crippen LogP contribution in [0.5, 0.6) is 5.75 Å². The van der Waals surface area contributed by atoms with E-state index in [0.29, 0.717) is 0 Å². The predicted molar refractivity (Wildman–Crippen MR) is 208 cm³/mol. The first-order valence-electron chi connectivity index (χ1n) is 16.7. The van der Waals surface area contributed by atoms with Crippen LogP contribution in [0, 0.1) is 0 Å². The second-order valence-electron chi connectivity index (χ2n) is 12.9. The number of ether oxygens (including phenoxy) is 1. The summed E-state index contributed by atoms with van der Waals surface area (Å²) in [6.45, 7) is 0. The van der Waals surface area contributed by atoms with Gasteiger partial charge in [0, 0.05) is 67.4 Å². The van der Waals surface area contributed by atoms with Gasteiger partial charge >= 0.3 is 11.3 Å². The van der Waals surface area contributed by atoms with Crippen molar-refractivity contribution in [3.05, 3.63) is 160 Å². The van der Waals surface area contributed by atoms with Crippen LogP contribution in [0.2, 0.25) is 0 Å². The van der Waals surface area contributed by atoms with Gasteiger partial charge in [0.05, 0.1) is 23.1 Å². The number of rotatable bonds is 7. The normalized spacial score (nSPS) is 16.2. The highest BCUT2D eigenvalue weighted by Gasteiger charge is 2.21. The number of fused-ring (bicyclic) bond motifs is 2. The van der Waals surface area contributed by atoms with Crippen molar-refractivity contribution in [2.75, 3.05) is 38.0 Å². The van der Waals surface area contributed by atoms with Crippen LogP contribution >= 0.6 is 11.6 Å². The molecule has 0 spiro atoms. The fourth-order valence-electron chi connectivity index (χ4n) is 6.31. The molecule has 0 radical (unpaired) electrons. The summed E-state index contributed by atoms with van der Waals surface area (Å²) in [6, 6.07) is 35.4. The average Bonchev–Trinajstić information content (AvgIpc) is 3.13. The van der Waals surface area contributed by atoms with Gasteiger partial charge < -0.3 is 14.5 Å². The minimum atomic E-state index is 0.824. The molecule has 0 N–H and O–H groups in total. The molecule has 1 aliphatic carbocycles. The Balaban J connectivity index is 1.26. The molecule has 0 saturated carbocycles. The molecule has 2 aliphatic rings. The van der Waals surface area contributed by atoms with Crippen LogP contribution in [-0.2, 0) is 0 Å². The van der Waals surface area contributed by atoms with Crippen molar-refractivity contribution < 1.29 is 9.15 Å². The SMILES string of the molecule is CN(C)c1ccc2c(c1)OC(c1ccccc1)=CC2=C/C=C1\CCCC(/C=C/c2cc(-c3ccccc3)[o+]c3cc(N(C)C)ccc23)=C1Cl. The summed E-state index contributed by atoms with van der Waals surface area (Å²) in [4.78, 5) is 4.18. The molecule has 5 heteroatoms. The van der Waals surface area contributed by atoms with Crippen molar-refractivity contribution in [2.24, 2.45) is 0 Å². The summed E-state index contributed by atoms with van der Waals surface area (Å²) >= 11 is 7.18. The van der Waals surface area contributed by atoms with Gasteiger partial charge in [-0.3, -0.25) is 0 Å². The number of benzene rings is 4. The largest absolute Gasteiger partial charge is 0.456 e. The van der Waals surface area contributed by atoms with Gasteiger partial charge in [0.2, 0.25) is 0 Å². The minimum absolute atomic E-state index is 0.824. The zero-order chi connectivity index (χ0) is 33.9. The molecule has 0 unspecified atom stereocenters. The molecule has 2 heterocycles. The van der Waals surface area contributed by atoms with Crippen LogP contribution in [0.15, 0.2) is 148 Å². The van der Waals surface area contributed by atoms with E-state index < -0.39 is 0 Å². The van der Waals surface area contributed by atoms with Crippen LogP contribution in [0.4, 0.5) is 11.4 Å². The fraction of sp³-hybridized carbons (Fsp3) is 0.159. The number of hydrogen-bond donors (Lipinski definition) is 0. The fourth-order valence-corrected chi connectivity index (χ4v) is 6.63. The molecular formula is C44H40ClN2O2+. The minimum Gasteiger partial charge on any atom is -0.456 e. The molecule has 1 aromatic heterocycles. The maximum atomic E-state index is 7.18. The third-order valence-electron chi connectivity index (χ3n) is 9.10. The molecule has 0 atom stereocenters. The second kappa shape index (κ2) is 14.0. The molecule has 0 bridgehead atoms. The summed E-state index contributed by atoms with van der Waals surface area (Å²) < 4.78 is 12.9. The smallest absolute Gasteiger partial charge is 0.363 e. The average molecular weight is 664 g/mol. The van der Waals surface area contributed by atoms with E-state index in [1.54, 1.807) is 0 Å². The third-order valence-corrected chi connectivity index (χ3v) is 9.58. The summed E-state index contributed by atoms with van der Waals surface area (Å²) in [5, 5.41) is 1.89. The molecule has 0 amide bonds. The van der Waals surface area contributed by atoms with Gasteiger partial charge in [0.25, 0.3) is 0 Å². The lowest BCUT2D eigenvalue weighted by Gasteiger charge is -2.23. The molecule has 4 aromatic carbocycles. The lowest BCUT2D eigenvalue weighted by molar-refractivity contribution is 0.509. The predicted octanol–water partition coefficient (Wildman–Crippen LogP) is 11.6. The Hall–Kier alpha value is -5.32. The number of halogens is 1. The van der Waals surface area contributed by atoms with Crippen LogP contribution in [0.1, 0.15) is 36.0 Å². The molecular weight excluding hydrogens is 624 g/mol. The van der Waals surface area contributed by atoms with Gasteiger partial charge in [-0.05, 0) is 78.5 Å². The molecule has 1 aliphatic heterocycles. The van der Waals surface area contributed by atoms with E-state index in [0.717, 1.165) is 103 Å². The Morgan fingerprint density at radius 1 is 0.714 bits per heavy atom. The Morgan fingerprint density at radius 2 is 1.41 bits per heavy atom. The number of anilines is 2. The van der Waals surface area contributed by atoms with Gasteiger partial charge in [-0.25, -0.2) is 4.42 Å². The van der Waals surface area contributed by atoms with Crippen LogP contribution in [-0.4, -0.2) is 28.2 Å². The third kappa shape index (κ3) is 6.97. The Morgan fingerprint density at radius 3 is 2.14 bits per heavy atom. The lowest BCUT2D eigenvalue weighted by Crippen LogP contribution is -2.10. The molecule has 0 saturated heterocycles. The van der Waals surface area contributed by atoms with E-state index >= 15 is 0 Å². The molecule has 0 fully saturated rings. The summed E-state index contributed by atoms with van der Waals surface area (Å²) in [6.07, 6.45) is 13.8. The van der Waals surface area contributed by atoms with Gasteiger partial charge in [0.1, 0.15) is 11.5 Å². The maximum absolute atomic E-state index is 7.18. The first-order chi connectivity index (χ1) is 23.8. The first-order valence-corrected chi connectivity index (χ1v) is 17.1. The van der Waals surface area contributed by atoms with Crippen molar-refractivity contribution in [2.45, 2.75) is 19.3 Å². The molecule has 49 heavy (non-hydrogen) atoms. The Labute approximate surface area is 294 Å². The van der Waals surface area contributed by atoms with E-state index in [9.17, 15) is 0 Å². The molecule has 7 rings (SSSR count). The topological polar surface area (TPSA) is 27.0 Å². The zero-order valence-electron chi connectivity index (χ0n) is 28.4. The van der Waals surface area contributed by atoms with Crippen LogP contribution in [0.25, 0.3) is 39.7 Å². The first kappa shape index (κ1) is 32.2. The lowest BCUT2D eigenvalue weighted by atomic mass is 9.92. The summed E-state index contributed by atoms with van der Waals surface area (Å²) in [7, 11) is 8.17. The van der Waals surface area contributed by atoms with Gasteiger partial charge in [-0.15, -0.1) is 0 Å². The van der Waals surface area contributed by atoms with Crippen LogP contribution < -0.4 is 14.5 Å². The highest BCUT2D eigenvalue weighted by molar-refractivity contribution is 6.32. The molecule has 4 nitrogen and oxygen atoms in total. The number of allylic oxidation sites excluding steroid dienone is 8.